The Morgan fingerprint density at radius 3 is 2.76 bits per heavy atom. The van der Waals surface area contributed by atoms with E-state index < -0.39 is 11.2 Å². The summed E-state index contributed by atoms with van der Waals surface area (Å²) in [5, 5.41) is 2.75. The molecule has 2 rings (SSSR count). The maximum absolute atomic E-state index is 11.8. The van der Waals surface area contributed by atoms with E-state index in [1.807, 2.05) is 25.1 Å². The van der Waals surface area contributed by atoms with Crippen LogP contribution in [0.3, 0.4) is 0 Å². The maximum atomic E-state index is 11.8. The van der Waals surface area contributed by atoms with Crippen molar-refractivity contribution in [3.8, 4) is 0 Å². The summed E-state index contributed by atoms with van der Waals surface area (Å²) in [6, 6.07) is 6.77. The van der Waals surface area contributed by atoms with Crippen molar-refractivity contribution in [2.24, 2.45) is 0 Å². The van der Waals surface area contributed by atoms with Crippen LogP contribution in [0.2, 0.25) is 0 Å². The number of H-pyrrole nitrogens is 1. The SMILES string of the molecule is Cc1ccc(NC(=O)CCn2ccc(=O)[nH]c2=O)cc1Br. The van der Waals surface area contributed by atoms with Gasteiger partial charge in [0.15, 0.2) is 0 Å². The van der Waals surface area contributed by atoms with Gasteiger partial charge in [-0.2, -0.15) is 0 Å². The average molecular weight is 352 g/mol. The summed E-state index contributed by atoms with van der Waals surface area (Å²) in [6.07, 6.45) is 1.51. The van der Waals surface area contributed by atoms with Gasteiger partial charge in [-0.05, 0) is 24.6 Å². The lowest BCUT2D eigenvalue weighted by atomic mass is 10.2. The molecule has 21 heavy (non-hydrogen) atoms. The van der Waals surface area contributed by atoms with Crippen LogP contribution in [0.1, 0.15) is 12.0 Å². The normalized spacial score (nSPS) is 10.4. The van der Waals surface area contributed by atoms with Crippen LogP contribution < -0.4 is 16.6 Å². The number of nitrogens with zero attached hydrogens (tertiary/aromatic N) is 1. The fraction of sp³-hybridized carbons (Fsp3) is 0.214. The third-order valence-electron chi connectivity index (χ3n) is 2.93. The molecule has 2 aromatic rings. The van der Waals surface area contributed by atoms with Crippen molar-refractivity contribution in [3.05, 3.63) is 61.3 Å². The molecule has 2 N–H and O–H groups in total. The molecular formula is C14H14BrN3O3. The maximum Gasteiger partial charge on any atom is 0.328 e. The zero-order chi connectivity index (χ0) is 15.4. The quantitative estimate of drug-likeness (QED) is 0.877. The Morgan fingerprint density at radius 1 is 1.33 bits per heavy atom. The highest BCUT2D eigenvalue weighted by Gasteiger charge is 2.05. The number of amides is 1. The highest BCUT2D eigenvalue weighted by molar-refractivity contribution is 9.10. The Hall–Kier alpha value is -2.15. The number of anilines is 1. The number of aromatic nitrogens is 2. The van der Waals surface area contributed by atoms with Crippen LogP contribution in [0.5, 0.6) is 0 Å². The summed E-state index contributed by atoms with van der Waals surface area (Å²) in [7, 11) is 0. The number of benzene rings is 1. The Bertz CT molecular complexity index is 780. The molecule has 0 radical (unpaired) electrons. The topological polar surface area (TPSA) is 84.0 Å². The summed E-state index contributed by atoms with van der Waals surface area (Å²) >= 11 is 3.40. The molecule has 0 unspecified atom stereocenters. The second-order valence-electron chi connectivity index (χ2n) is 4.57. The fourth-order valence-corrected chi connectivity index (χ4v) is 2.12. The highest BCUT2D eigenvalue weighted by atomic mass is 79.9. The van der Waals surface area contributed by atoms with E-state index in [1.54, 1.807) is 0 Å². The van der Waals surface area contributed by atoms with Crippen LogP contribution in [-0.4, -0.2) is 15.5 Å². The first kappa shape index (κ1) is 15.2. The Morgan fingerprint density at radius 2 is 2.10 bits per heavy atom. The number of hydrogen-bond donors (Lipinski definition) is 2. The number of carbonyl (C=O) groups is 1. The zero-order valence-electron chi connectivity index (χ0n) is 11.4. The second kappa shape index (κ2) is 6.53. The lowest BCUT2D eigenvalue weighted by molar-refractivity contribution is -0.116. The van der Waals surface area contributed by atoms with Gasteiger partial charge in [0.1, 0.15) is 0 Å². The molecule has 1 aromatic carbocycles. The van der Waals surface area contributed by atoms with Gasteiger partial charge < -0.3 is 9.88 Å². The van der Waals surface area contributed by atoms with Crippen molar-refractivity contribution in [2.75, 3.05) is 5.32 Å². The summed E-state index contributed by atoms with van der Waals surface area (Å²) in [4.78, 5) is 36.4. The molecule has 6 nitrogen and oxygen atoms in total. The van der Waals surface area contributed by atoms with Crippen molar-refractivity contribution in [1.82, 2.24) is 9.55 Å². The van der Waals surface area contributed by atoms with Gasteiger partial charge in [0.25, 0.3) is 5.56 Å². The number of halogens is 1. The van der Waals surface area contributed by atoms with Gasteiger partial charge in [0.05, 0.1) is 0 Å². The fourth-order valence-electron chi connectivity index (χ4n) is 1.74. The lowest BCUT2D eigenvalue weighted by Crippen LogP contribution is -2.29. The minimum absolute atomic E-state index is 0.136. The molecule has 0 saturated heterocycles. The van der Waals surface area contributed by atoms with Gasteiger partial charge >= 0.3 is 5.69 Å². The van der Waals surface area contributed by atoms with Crippen LogP contribution >= 0.6 is 15.9 Å². The molecule has 0 aliphatic rings. The molecule has 1 aromatic heterocycles. The first-order chi connectivity index (χ1) is 9.95. The van der Waals surface area contributed by atoms with Gasteiger partial charge in [0.2, 0.25) is 5.91 Å². The summed E-state index contributed by atoms with van der Waals surface area (Å²) in [6.45, 7) is 2.16. The van der Waals surface area contributed by atoms with Crippen LogP contribution in [0, 0.1) is 6.92 Å². The molecule has 0 bridgehead atoms. The number of carbonyl (C=O) groups excluding carboxylic acids is 1. The van der Waals surface area contributed by atoms with Crippen LogP contribution in [0.4, 0.5) is 5.69 Å². The third kappa shape index (κ3) is 4.16. The van der Waals surface area contributed by atoms with E-state index >= 15 is 0 Å². The van der Waals surface area contributed by atoms with Crippen molar-refractivity contribution < 1.29 is 4.79 Å². The molecular weight excluding hydrogens is 338 g/mol. The van der Waals surface area contributed by atoms with Crippen molar-refractivity contribution in [3.63, 3.8) is 0 Å². The van der Waals surface area contributed by atoms with E-state index in [4.69, 9.17) is 0 Å². The molecule has 0 aliphatic heterocycles. The molecule has 110 valence electrons. The Balaban J connectivity index is 1.97. The van der Waals surface area contributed by atoms with Crippen LogP contribution in [-0.2, 0) is 11.3 Å². The largest absolute Gasteiger partial charge is 0.328 e. The molecule has 0 atom stereocenters. The number of hydrogen-bond acceptors (Lipinski definition) is 3. The third-order valence-corrected chi connectivity index (χ3v) is 3.79. The van der Waals surface area contributed by atoms with Crippen LogP contribution in [0.15, 0.2) is 44.5 Å². The lowest BCUT2D eigenvalue weighted by Gasteiger charge is -2.08. The predicted molar refractivity (Wildman–Crippen MR) is 83.4 cm³/mol. The minimum Gasteiger partial charge on any atom is -0.326 e. The summed E-state index contributed by atoms with van der Waals surface area (Å²) in [5.74, 6) is -0.205. The number of aryl methyl sites for hydroxylation is 2. The monoisotopic (exact) mass is 351 g/mol. The molecule has 7 heteroatoms. The molecule has 0 spiro atoms. The molecule has 0 fully saturated rings. The first-order valence-corrected chi connectivity index (χ1v) is 7.11. The molecule has 1 amide bonds. The highest BCUT2D eigenvalue weighted by Crippen LogP contribution is 2.20. The van der Waals surface area contributed by atoms with E-state index in [-0.39, 0.29) is 18.9 Å². The van der Waals surface area contributed by atoms with Crippen molar-refractivity contribution in [1.29, 1.82) is 0 Å². The minimum atomic E-state index is -0.520. The molecule has 1 heterocycles. The molecule has 0 saturated carbocycles. The van der Waals surface area contributed by atoms with Gasteiger partial charge in [-0.3, -0.25) is 14.6 Å². The van der Waals surface area contributed by atoms with Gasteiger partial charge in [-0.1, -0.05) is 22.0 Å². The van der Waals surface area contributed by atoms with Crippen LogP contribution in [0.25, 0.3) is 0 Å². The van der Waals surface area contributed by atoms with E-state index in [9.17, 15) is 14.4 Å². The van der Waals surface area contributed by atoms with Crippen molar-refractivity contribution >= 4 is 27.5 Å². The Labute approximate surface area is 128 Å². The smallest absolute Gasteiger partial charge is 0.326 e. The first-order valence-electron chi connectivity index (χ1n) is 6.31. The van der Waals surface area contributed by atoms with Crippen molar-refractivity contribution in [2.45, 2.75) is 19.9 Å². The average Bonchev–Trinajstić information content (AvgIpc) is 2.42. The van der Waals surface area contributed by atoms with E-state index in [2.05, 4.69) is 26.2 Å². The number of aromatic amines is 1. The second-order valence-corrected chi connectivity index (χ2v) is 5.42. The standard InChI is InChI=1S/C14H14BrN3O3/c1-9-2-3-10(8-11(9)15)16-12(19)4-6-18-7-5-13(20)17-14(18)21/h2-3,5,7-8H,4,6H2,1H3,(H,16,19)(H,17,20,21). The van der Waals surface area contributed by atoms with E-state index in [1.165, 1.54) is 16.8 Å². The Kier molecular flexibility index (Phi) is 4.74. The summed E-state index contributed by atoms with van der Waals surface area (Å²) < 4.78 is 2.20. The predicted octanol–water partition coefficient (Wildman–Crippen LogP) is 1.64. The van der Waals surface area contributed by atoms with E-state index in [0.717, 1.165) is 10.0 Å². The van der Waals surface area contributed by atoms with Gasteiger partial charge in [-0.15, -0.1) is 0 Å². The molecule has 0 aliphatic carbocycles. The van der Waals surface area contributed by atoms with Gasteiger partial charge in [0, 0.05) is 35.4 Å². The van der Waals surface area contributed by atoms with Gasteiger partial charge in [-0.25, -0.2) is 4.79 Å². The number of nitrogens with one attached hydrogen (secondary N) is 2. The summed E-state index contributed by atoms with van der Waals surface area (Å²) in [5.41, 5.74) is 0.790. The number of rotatable bonds is 4. The zero-order valence-corrected chi connectivity index (χ0v) is 12.9. The van der Waals surface area contributed by atoms with E-state index in [0.29, 0.717) is 5.69 Å².